The average molecular weight is 332 g/mol. The van der Waals surface area contributed by atoms with Crippen molar-refractivity contribution < 1.29 is 14.3 Å². The maximum Gasteiger partial charge on any atom is 0.323 e. The molecule has 0 aromatic heterocycles. The van der Waals surface area contributed by atoms with Gasteiger partial charge >= 0.3 is 11.9 Å². The Morgan fingerprint density at radius 2 is 1.65 bits per heavy atom. The van der Waals surface area contributed by atoms with Crippen LogP contribution in [0.3, 0.4) is 0 Å². The number of benzene rings is 2. The van der Waals surface area contributed by atoms with Gasteiger partial charge in [0.25, 0.3) is 0 Å². The molecule has 6 heteroatoms. The molecule has 23 heavy (non-hydrogen) atoms. The number of halogens is 1. The first-order valence-corrected chi connectivity index (χ1v) is 7.29. The van der Waals surface area contributed by atoms with Gasteiger partial charge in [-0.25, -0.2) is 0 Å². The van der Waals surface area contributed by atoms with Crippen molar-refractivity contribution in [3.8, 4) is 0 Å². The lowest BCUT2D eigenvalue weighted by Gasteiger charge is -2.18. The van der Waals surface area contributed by atoms with E-state index in [0.717, 1.165) is 5.56 Å². The fraction of sp³-hybridized carbons (Fsp3) is 0.176. The molecule has 0 bridgehead atoms. The number of nitrogens with zero attached hydrogens (tertiary/aromatic N) is 1. The minimum absolute atomic E-state index is 0.193. The van der Waals surface area contributed by atoms with Crippen LogP contribution in [0.15, 0.2) is 59.8 Å². The van der Waals surface area contributed by atoms with Gasteiger partial charge in [-0.15, -0.1) is 4.91 Å². The molecule has 2 atom stereocenters. The first kappa shape index (κ1) is 16.8. The summed E-state index contributed by atoms with van der Waals surface area (Å²) >= 11 is 6.01. The molecule has 0 saturated heterocycles. The number of esters is 1. The van der Waals surface area contributed by atoms with E-state index in [-0.39, 0.29) is 10.6 Å². The van der Waals surface area contributed by atoms with E-state index in [1.165, 1.54) is 12.1 Å². The van der Waals surface area contributed by atoms with E-state index in [0.29, 0.717) is 0 Å². The second-order valence-electron chi connectivity index (χ2n) is 4.87. The molecule has 1 amide bonds. The normalized spacial score (nSPS) is 13.0. The molecule has 2 unspecified atom stereocenters. The van der Waals surface area contributed by atoms with Gasteiger partial charge in [0, 0.05) is 10.2 Å². The lowest BCUT2D eigenvalue weighted by molar-refractivity contribution is -0.152. The standard InChI is InChI=1S/C17H14ClNO4/c1-11(12-7-3-2-4-8-12)23-17(21)15(16(20)19-22)13-9-5-6-10-14(13)18/h2-11,15H,1H3. The maximum absolute atomic E-state index is 12.4. The highest BCUT2D eigenvalue weighted by molar-refractivity contribution is 6.32. The average Bonchev–Trinajstić information content (AvgIpc) is 2.57. The van der Waals surface area contributed by atoms with Crippen LogP contribution in [0.25, 0.3) is 0 Å². The van der Waals surface area contributed by atoms with E-state index in [9.17, 15) is 14.5 Å². The Kier molecular flexibility index (Phi) is 5.60. The second kappa shape index (κ2) is 7.65. The monoisotopic (exact) mass is 331 g/mol. The molecule has 0 aliphatic carbocycles. The van der Waals surface area contributed by atoms with Crippen molar-refractivity contribution in [2.24, 2.45) is 5.18 Å². The molecule has 0 aliphatic rings. The third kappa shape index (κ3) is 4.02. The Morgan fingerprint density at radius 3 is 2.26 bits per heavy atom. The number of amides is 1. The van der Waals surface area contributed by atoms with Crippen molar-refractivity contribution in [1.82, 2.24) is 0 Å². The summed E-state index contributed by atoms with van der Waals surface area (Å²) in [5.74, 6) is -3.46. The summed E-state index contributed by atoms with van der Waals surface area (Å²) in [5.41, 5.74) is 0.967. The minimum atomic E-state index is -1.47. The number of ether oxygens (including phenoxy) is 1. The molecular formula is C17H14ClNO4. The zero-order valence-corrected chi connectivity index (χ0v) is 13.1. The predicted molar refractivity (Wildman–Crippen MR) is 85.9 cm³/mol. The number of carbonyl (C=O) groups is 2. The van der Waals surface area contributed by atoms with Gasteiger partial charge in [-0.2, -0.15) is 0 Å². The fourth-order valence-electron chi connectivity index (χ4n) is 2.16. The number of rotatable bonds is 5. The van der Waals surface area contributed by atoms with E-state index in [1.807, 2.05) is 18.2 Å². The zero-order valence-electron chi connectivity index (χ0n) is 12.3. The van der Waals surface area contributed by atoms with Gasteiger partial charge < -0.3 is 4.74 Å². The molecule has 118 valence electrons. The Balaban J connectivity index is 2.26. The number of nitroso groups, excluding NO2 is 1. The number of hydrogen-bond donors (Lipinski definition) is 0. The Hall–Kier alpha value is -2.53. The summed E-state index contributed by atoms with van der Waals surface area (Å²) in [7, 11) is 0. The summed E-state index contributed by atoms with van der Waals surface area (Å²) < 4.78 is 5.31. The zero-order chi connectivity index (χ0) is 16.8. The van der Waals surface area contributed by atoms with Gasteiger partial charge in [-0.3, -0.25) is 9.59 Å². The molecule has 0 aliphatic heterocycles. The summed E-state index contributed by atoms with van der Waals surface area (Å²) in [4.78, 5) is 34.8. The van der Waals surface area contributed by atoms with Gasteiger partial charge in [0.15, 0.2) is 5.92 Å². The molecule has 2 aromatic rings. The molecule has 2 aromatic carbocycles. The Bertz CT molecular complexity index is 718. The molecule has 0 spiro atoms. The lowest BCUT2D eigenvalue weighted by atomic mass is 9.98. The topological polar surface area (TPSA) is 72.8 Å². The SMILES string of the molecule is CC(OC(=O)C(C(=O)N=O)c1ccccc1Cl)c1ccccc1. The van der Waals surface area contributed by atoms with Crippen LogP contribution in [-0.2, 0) is 14.3 Å². The molecule has 0 heterocycles. The first-order valence-electron chi connectivity index (χ1n) is 6.91. The molecule has 0 N–H and O–H groups in total. The highest BCUT2D eigenvalue weighted by atomic mass is 35.5. The van der Waals surface area contributed by atoms with E-state index in [4.69, 9.17) is 16.3 Å². The van der Waals surface area contributed by atoms with E-state index >= 15 is 0 Å². The molecule has 0 saturated carbocycles. The molecule has 0 radical (unpaired) electrons. The summed E-state index contributed by atoms with van der Waals surface area (Å²) in [6, 6.07) is 15.3. The van der Waals surface area contributed by atoms with Crippen molar-refractivity contribution in [3.05, 3.63) is 75.7 Å². The van der Waals surface area contributed by atoms with E-state index < -0.39 is 23.9 Å². The highest BCUT2D eigenvalue weighted by Gasteiger charge is 2.33. The van der Waals surface area contributed by atoms with Gasteiger partial charge in [-0.1, -0.05) is 60.1 Å². The van der Waals surface area contributed by atoms with E-state index in [2.05, 4.69) is 5.18 Å². The molecule has 2 rings (SSSR count). The van der Waals surface area contributed by atoms with Crippen molar-refractivity contribution in [2.75, 3.05) is 0 Å². The predicted octanol–water partition coefficient (Wildman–Crippen LogP) is 4.02. The van der Waals surface area contributed by atoms with Crippen LogP contribution >= 0.6 is 11.6 Å². The quantitative estimate of drug-likeness (QED) is 0.471. The van der Waals surface area contributed by atoms with Crippen molar-refractivity contribution in [3.63, 3.8) is 0 Å². The lowest BCUT2D eigenvalue weighted by Crippen LogP contribution is -2.24. The summed E-state index contributed by atoms with van der Waals surface area (Å²) in [5, 5.41) is 2.55. The third-order valence-electron chi connectivity index (χ3n) is 3.35. The summed E-state index contributed by atoms with van der Waals surface area (Å²) in [6.45, 7) is 1.68. The molecular weight excluding hydrogens is 318 g/mol. The Labute approximate surface area is 138 Å². The second-order valence-corrected chi connectivity index (χ2v) is 5.28. The smallest absolute Gasteiger partial charge is 0.323 e. The van der Waals surface area contributed by atoms with Crippen LogP contribution in [0.1, 0.15) is 30.1 Å². The molecule has 0 fully saturated rings. The first-order chi connectivity index (χ1) is 11.0. The Morgan fingerprint density at radius 1 is 1.04 bits per heavy atom. The van der Waals surface area contributed by atoms with Crippen molar-refractivity contribution >= 4 is 23.5 Å². The van der Waals surface area contributed by atoms with Crippen LogP contribution in [0.4, 0.5) is 0 Å². The van der Waals surface area contributed by atoms with Crippen molar-refractivity contribution in [1.29, 1.82) is 0 Å². The van der Waals surface area contributed by atoms with E-state index in [1.54, 1.807) is 31.2 Å². The van der Waals surface area contributed by atoms with Gasteiger partial charge in [0.2, 0.25) is 0 Å². The van der Waals surface area contributed by atoms with Gasteiger partial charge in [0.05, 0.1) is 0 Å². The van der Waals surface area contributed by atoms with Crippen LogP contribution in [-0.4, -0.2) is 11.9 Å². The largest absolute Gasteiger partial charge is 0.457 e. The third-order valence-corrected chi connectivity index (χ3v) is 3.69. The van der Waals surface area contributed by atoms with Crippen LogP contribution < -0.4 is 0 Å². The molecule has 5 nitrogen and oxygen atoms in total. The summed E-state index contributed by atoms with van der Waals surface area (Å²) in [6.07, 6.45) is -0.576. The number of hydrogen-bond acceptors (Lipinski definition) is 4. The van der Waals surface area contributed by atoms with Crippen molar-refractivity contribution in [2.45, 2.75) is 18.9 Å². The van der Waals surface area contributed by atoms with Crippen LogP contribution in [0, 0.1) is 4.91 Å². The highest BCUT2D eigenvalue weighted by Crippen LogP contribution is 2.29. The van der Waals surface area contributed by atoms with Crippen LogP contribution in [0.2, 0.25) is 5.02 Å². The van der Waals surface area contributed by atoms with Crippen LogP contribution in [0.5, 0.6) is 0 Å². The fourth-order valence-corrected chi connectivity index (χ4v) is 2.40. The maximum atomic E-state index is 12.4. The number of carbonyl (C=O) groups excluding carboxylic acids is 2. The van der Waals surface area contributed by atoms with Gasteiger partial charge in [-0.05, 0) is 24.1 Å². The van der Waals surface area contributed by atoms with Gasteiger partial charge in [0.1, 0.15) is 6.10 Å². The minimum Gasteiger partial charge on any atom is -0.457 e.